The van der Waals surface area contributed by atoms with Crippen molar-refractivity contribution in [3.05, 3.63) is 126 Å². The minimum absolute atomic E-state index is 0.302. The van der Waals surface area contributed by atoms with Gasteiger partial charge in [-0.15, -0.1) is 5.73 Å². The molecular formula is C24H19P. The van der Waals surface area contributed by atoms with E-state index in [9.17, 15) is 0 Å². The van der Waals surface area contributed by atoms with Crippen LogP contribution in [0.5, 0.6) is 0 Å². The number of benzene rings is 3. The van der Waals surface area contributed by atoms with E-state index >= 15 is 0 Å². The predicted octanol–water partition coefficient (Wildman–Crippen LogP) is 5.51. The third kappa shape index (κ3) is 3.42. The molecule has 0 aromatic heterocycles. The van der Waals surface area contributed by atoms with Gasteiger partial charge in [-0.2, -0.15) is 0 Å². The first-order valence-electron chi connectivity index (χ1n) is 8.51. The molecule has 3 aromatic carbocycles. The molecule has 4 rings (SSSR count). The van der Waals surface area contributed by atoms with Gasteiger partial charge in [0.25, 0.3) is 0 Å². The SMILES string of the molecule is C1=CC=CC=1C(c1ccccc1)P(c1ccccc1)c1ccccc1. The van der Waals surface area contributed by atoms with Gasteiger partial charge in [-0.05, 0) is 36.2 Å². The molecule has 0 aliphatic heterocycles. The quantitative estimate of drug-likeness (QED) is 0.425. The highest BCUT2D eigenvalue weighted by atomic mass is 31.1. The van der Waals surface area contributed by atoms with Crippen molar-refractivity contribution in [2.75, 3.05) is 0 Å². The fraction of sp³-hybridized carbons (Fsp3) is 0.0417. The molecule has 120 valence electrons. The molecule has 0 nitrogen and oxygen atoms in total. The lowest BCUT2D eigenvalue weighted by molar-refractivity contribution is 1.16. The lowest BCUT2D eigenvalue weighted by atomic mass is 10.1. The maximum atomic E-state index is 3.47. The molecule has 25 heavy (non-hydrogen) atoms. The first kappa shape index (κ1) is 15.9. The molecule has 0 saturated heterocycles. The molecule has 0 bridgehead atoms. The molecule has 0 amide bonds. The van der Waals surface area contributed by atoms with Crippen molar-refractivity contribution in [2.45, 2.75) is 5.66 Å². The van der Waals surface area contributed by atoms with E-state index in [4.69, 9.17) is 0 Å². The summed E-state index contributed by atoms with van der Waals surface area (Å²) in [5, 5.41) is 2.79. The second-order valence-electron chi connectivity index (χ2n) is 5.98. The number of rotatable bonds is 5. The normalized spacial score (nSPS) is 13.9. The highest BCUT2D eigenvalue weighted by Gasteiger charge is 2.28. The zero-order valence-corrected chi connectivity index (χ0v) is 14.8. The van der Waals surface area contributed by atoms with Crippen molar-refractivity contribution in [1.29, 1.82) is 0 Å². The lowest BCUT2D eigenvalue weighted by Crippen LogP contribution is -2.17. The van der Waals surface area contributed by atoms with Crippen molar-refractivity contribution in [3.8, 4) is 0 Å². The van der Waals surface area contributed by atoms with Crippen LogP contribution in [0, 0.1) is 0 Å². The maximum Gasteiger partial charge on any atom is 0.0445 e. The summed E-state index contributed by atoms with van der Waals surface area (Å²) in [6.07, 6.45) is 6.32. The molecule has 1 aliphatic carbocycles. The monoisotopic (exact) mass is 338 g/mol. The predicted molar refractivity (Wildman–Crippen MR) is 109 cm³/mol. The third-order valence-electron chi connectivity index (χ3n) is 4.36. The smallest absolute Gasteiger partial charge is 0.0445 e. The molecular weight excluding hydrogens is 319 g/mol. The van der Waals surface area contributed by atoms with E-state index in [2.05, 4.69) is 109 Å². The van der Waals surface area contributed by atoms with E-state index < -0.39 is 7.92 Å². The molecule has 0 fully saturated rings. The van der Waals surface area contributed by atoms with E-state index in [0.717, 1.165) is 0 Å². The average Bonchev–Trinajstić information content (AvgIpc) is 3.22. The van der Waals surface area contributed by atoms with Crippen LogP contribution in [-0.4, -0.2) is 0 Å². The maximum absolute atomic E-state index is 3.47. The summed E-state index contributed by atoms with van der Waals surface area (Å²) in [5.74, 6) is 0. The Morgan fingerprint density at radius 3 is 1.64 bits per heavy atom. The molecule has 0 radical (unpaired) electrons. The molecule has 0 spiro atoms. The number of hydrogen-bond donors (Lipinski definition) is 0. The summed E-state index contributed by atoms with van der Waals surface area (Å²) in [7, 11) is -0.572. The Kier molecular flexibility index (Phi) is 4.75. The Labute approximate surface area is 150 Å². The topological polar surface area (TPSA) is 0 Å². The number of allylic oxidation sites excluding steroid dienone is 3. The van der Waals surface area contributed by atoms with Gasteiger partial charge in [-0.25, -0.2) is 0 Å². The van der Waals surface area contributed by atoms with E-state index in [-0.39, 0.29) is 0 Å². The summed E-state index contributed by atoms with van der Waals surface area (Å²) in [5.41, 5.74) is 6.39. The third-order valence-corrected chi connectivity index (χ3v) is 7.16. The van der Waals surface area contributed by atoms with Crippen LogP contribution in [0.3, 0.4) is 0 Å². The zero-order valence-electron chi connectivity index (χ0n) is 13.9. The van der Waals surface area contributed by atoms with Gasteiger partial charge in [-0.3, -0.25) is 0 Å². The molecule has 1 aliphatic rings. The summed E-state index contributed by atoms with van der Waals surface area (Å²) in [6.45, 7) is 0. The molecule has 0 saturated carbocycles. The summed E-state index contributed by atoms with van der Waals surface area (Å²) in [6, 6.07) is 32.6. The van der Waals surface area contributed by atoms with Crippen LogP contribution >= 0.6 is 7.92 Å². The Hall–Kier alpha value is -2.65. The van der Waals surface area contributed by atoms with E-state index in [0.29, 0.717) is 5.66 Å². The van der Waals surface area contributed by atoms with Crippen LogP contribution in [0.25, 0.3) is 0 Å². The first-order valence-corrected chi connectivity index (χ1v) is 9.92. The Balaban J connectivity index is 1.91. The van der Waals surface area contributed by atoms with Gasteiger partial charge in [0.05, 0.1) is 0 Å². The average molecular weight is 338 g/mol. The Morgan fingerprint density at radius 1 is 0.640 bits per heavy atom. The van der Waals surface area contributed by atoms with Gasteiger partial charge >= 0.3 is 0 Å². The molecule has 0 N–H and O–H groups in total. The van der Waals surface area contributed by atoms with Crippen molar-refractivity contribution in [2.24, 2.45) is 0 Å². The van der Waals surface area contributed by atoms with Crippen LogP contribution in [0.4, 0.5) is 0 Å². The number of hydrogen-bond acceptors (Lipinski definition) is 0. The summed E-state index contributed by atoms with van der Waals surface area (Å²) in [4.78, 5) is 0. The molecule has 1 heteroatoms. The molecule has 1 unspecified atom stereocenters. The molecule has 1 atom stereocenters. The van der Waals surface area contributed by atoms with Crippen molar-refractivity contribution >= 4 is 18.5 Å². The van der Waals surface area contributed by atoms with Gasteiger partial charge in [-0.1, -0.05) is 97.1 Å². The van der Waals surface area contributed by atoms with Crippen LogP contribution in [0.15, 0.2) is 121 Å². The van der Waals surface area contributed by atoms with Gasteiger partial charge < -0.3 is 0 Å². The van der Waals surface area contributed by atoms with E-state index in [1.807, 2.05) is 6.08 Å². The fourth-order valence-electron chi connectivity index (χ4n) is 3.24. The van der Waals surface area contributed by atoms with Crippen LogP contribution < -0.4 is 10.6 Å². The minimum Gasteiger partial charge on any atom is -0.116 e. The molecule has 0 heterocycles. The van der Waals surface area contributed by atoms with Crippen LogP contribution in [0.2, 0.25) is 0 Å². The summed E-state index contributed by atoms with van der Waals surface area (Å²) < 4.78 is 0. The lowest BCUT2D eigenvalue weighted by Gasteiger charge is -2.29. The highest BCUT2D eigenvalue weighted by Crippen LogP contribution is 2.53. The first-order chi connectivity index (χ1) is 12.4. The summed E-state index contributed by atoms with van der Waals surface area (Å²) >= 11 is 0. The van der Waals surface area contributed by atoms with Crippen LogP contribution in [-0.2, 0) is 0 Å². The van der Waals surface area contributed by atoms with E-state index in [1.54, 1.807) is 0 Å². The van der Waals surface area contributed by atoms with Gasteiger partial charge in [0, 0.05) is 11.2 Å². The largest absolute Gasteiger partial charge is 0.116 e. The zero-order chi connectivity index (χ0) is 16.9. The standard InChI is InChI=1S/C24H19P/c1-4-12-20(13-5-1)24(21-14-10-11-15-21)25(22-16-6-2-7-17-22)23-18-8-3-9-19-23/h1-14,16-19,24H. The highest BCUT2D eigenvalue weighted by molar-refractivity contribution is 7.73. The van der Waals surface area contributed by atoms with Crippen molar-refractivity contribution in [3.63, 3.8) is 0 Å². The van der Waals surface area contributed by atoms with Crippen molar-refractivity contribution in [1.82, 2.24) is 0 Å². The van der Waals surface area contributed by atoms with Crippen molar-refractivity contribution < 1.29 is 0 Å². The van der Waals surface area contributed by atoms with Crippen LogP contribution in [0.1, 0.15) is 11.2 Å². The van der Waals surface area contributed by atoms with Gasteiger partial charge in [0.15, 0.2) is 0 Å². The van der Waals surface area contributed by atoms with Gasteiger partial charge in [0.1, 0.15) is 0 Å². The Bertz CT molecular complexity index is 878. The van der Waals surface area contributed by atoms with E-state index in [1.165, 1.54) is 21.7 Å². The minimum atomic E-state index is -0.572. The van der Waals surface area contributed by atoms with Gasteiger partial charge in [0.2, 0.25) is 0 Å². The fourth-order valence-corrected chi connectivity index (χ4v) is 6.03. The second kappa shape index (κ2) is 7.49. The molecule has 3 aromatic rings. The Morgan fingerprint density at radius 2 is 1.16 bits per heavy atom. The second-order valence-corrected chi connectivity index (χ2v) is 8.27.